The summed E-state index contributed by atoms with van der Waals surface area (Å²) in [6.45, 7) is 1.03. The van der Waals surface area contributed by atoms with Crippen LogP contribution in [0.4, 0.5) is 4.79 Å². The van der Waals surface area contributed by atoms with Gasteiger partial charge in [-0.2, -0.15) is 5.26 Å². The fraction of sp³-hybridized carbons (Fsp3) is 0.250. The van der Waals surface area contributed by atoms with E-state index in [1.54, 1.807) is 6.33 Å². The van der Waals surface area contributed by atoms with Crippen molar-refractivity contribution in [1.29, 1.82) is 5.26 Å². The number of carbonyl (C=O) groups is 1. The summed E-state index contributed by atoms with van der Waals surface area (Å²) < 4.78 is 2.00. The molecule has 0 bridgehead atoms. The van der Waals surface area contributed by atoms with Gasteiger partial charge in [0.2, 0.25) is 0 Å². The molecule has 1 saturated heterocycles. The second-order valence-corrected chi connectivity index (χ2v) is 9.02. The second-order valence-electron chi connectivity index (χ2n) is 9.02. The summed E-state index contributed by atoms with van der Waals surface area (Å²) in [4.78, 5) is 17.1. The number of nitrogens with zero attached hydrogens (tertiary/aromatic N) is 4. The third-order valence-electron chi connectivity index (χ3n) is 6.89. The molecular formula is C28H27N5O2. The molecule has 1 aliphatic rings. The Morgan fingerprint density at radius 3 is 2.60 bits per heavy atom. The number of benzene rings is 3. The predicted molar refractivity (Wildman–Crippen MR) is 135 cm³/mol. The van der Waals surface area contributed by atoms with Crippen molar-refractivity contribution in [1.82, 2.24) is 19.8 Å². The Morgan fingerprint density at radius 2 is 1.89 bits per heavy atom. The van der Waals surface area contributed by atoms with E-state index in [1.165, 1.54) is 4.90 Å². The van der Waals surface area contributed by atoms with Crippen molar-refractivity contribution in [3.05, 3.63) is 90.0 Å². The van der Waals surface area contributed by atoms with Crippen molar-refractivity contribution in [2.75, 3.05) is 13.1 Å². The summed E-state index contributed by atoms with van der Waals surface area (Å²) in [6, 6.07) is 22.8. The molecule has 1 unspecified atom stereocenters. The zero-order chi connectivity index (χ0) is 24.4. The molecular weight excluding hydrogens is 438 g/mol. The van der Waals surface area contributed by atoms with Crippen LogP contribution in [0.2, 0.25) is 0 Å². The molecule has 1 fully saturated rings. The first-order chi connectivity index (χ1) is 17.0. The number of aromatic nitrogens is 2. The van der Waals surface area contributed by atoms with Gasteiger partial charge in [-0.25, -0.2) is 9.78 Å². The maximum absolute atomic E-state index is 11.3. The molecule has 5 rings (SSSR count). The van der Waals surface area contributed by atoms with Crippen LogP contribution in [0.1, 0.15) is 35.7 Å². The predicted octanol–water partition coefficient (Wildman–Crippen LogP) is 4.93. The number of nitrogens with one attached hydrogen (secondary N) is 1. The number of hydrogen-bond acceptors (Lipinski definition) is 4. The highest BCUT2D eigenvalue weighted by molar-refractivity contribution is 5.97. The summed E-state index contributed by atoms with van der Waals surface area (Å²) in [5.41, 5.74) is 4.61. The molecule has 2 N–H and O–H groups in total. The van der Waals surface area contributed by atoms with Crippen LogP contribution in [-0.2, 0) is 7.05 Å². The molecule has 0 aliphatic carbocycles. The fourth-order valence-corrected chi connectivity index (χ4v) is 4.99. The molecule has 2 heterocycles. The van der Waals surface area contributed by atoms with E-state index in [0.29, 0.717) is 18.7 Å². The highest BCUT2D eigenvalue weighted by Crippen LogP contribution is 2.34. The third-order valence-corrected chi connectivity index (χ3v) is 6.89. The molecule has 1 amide bonds. The number of hydrogen-bond donors (Lipinski definition) is 2. The topological polar surface area (TPSA) is 94.2 Å². The number of carboxylic acid groups (broad SMARTS) is 1. The van der Waals surface area contributed by atoms with E-state index < -0.39 is 6.09 Å². The van der Waals surface area contributed by atoms with E-state index in [4.69, 9.17) is 0 Å². The van der Waals surface area contributed by atoms with E-state index in [2.05, 4.69) is 46.7 Å². The first-order valence-electron chi connectivity index (χ1n) is 11.8. The number of aryl methyl sites for hydroxylation is 1. The molecule has 1 atom stereocenters. The van der Waals surface area contributed by atoms with Crippen LogP contribution < -0.4 is 5.32 Å². The Morgan fingerprint density at radius 1 is 1.11 bits per heavy atom. The van der Waals surface area contributed by atoms with Gasteiger partial charge in [-0.3, -0.25) is 0 Å². The molecule has 0 radical (unpaired) electrons. The zero-order valence-corrected chi connectivity index (χ0v) is 19.6. The molecule has 0 spiro atoms. The van der Waals surface area contributed by atoms with Gasteiger partial charge in [0.05, 0.1) is 35.9 Å². The van der Waals surface area contributed by atoms with Crippen LogP contribution in [0.25, 0.3) is 21.9 Å². The van der Waals surface area contributed by atoms with Gasteiger partial charge in [0.1, 0.15) is 0 Å². The quantitative estimate of drug-likeness (QED) is 0.436. The number of rotatable bonds is 5. The van der Waals surface area contributed by atoms with E-state index in [-0.39, 0.29) is 12.1 Å². The Kier molecular flexibility index (Phi) is 6.21. The SMILES string of the molecule is Cn1cncc1C(NC1CCN(C(=O)O)CC1)c1ccc(C#N)c(-c2cccc3ccccc23)c1. The van der Waals surface area contributed by atoms with Crippen LogP contribution in [0.15, 0.2) is 73.2 Å². The summed E-state index contributed by atoms with van der Waals surface area (Å²) in [7, 11) is 1.97. The second kappa shape index (κ2) is 9.61. The number of amides is 1. The van der Waals surface area contributed by atoms with Crippen molar-refractivity contribution in [2.24, 2.45) is 7.05 Å². The lowest BCUT2D eigenvalue weighted by molar-refractivity contribution is 0.128. The number of nitriles is 1. The van der Waals surface area contributed by atoms with E-state index in [1.807, 2.05) is 48.1 Å². The van der Waals surface area contributed by atoms with Crippen LogP contribution in [0.5, 0.6) is 0 Å². The number of fused-ring (bicyclic) bond motifs is 1. The maximum atomic E-state index is 11.3. The summed E-state index contributed by atoms with van der Waals surface area (Å²) in [5, 5.41) is 25.2. The van der Waals surface area contributed by atoms with Gasteiger partial charge in [-0.05, 0) is 46.9 Å². The van der Waals surface area contributed by atoms with Gasteiger partial charge < -0.3 is 19.9 Å². The highest BCUT2D eigenvalue weighted by Gasteiger charge is 2.27. The molecule has 7 nitrogen and oxygen atoms in total. The lowest BCUT2D eigenvalue weighted by atomic mass is 9.91. The molecule has 3 aromatic carbocycles. The summed E-state index contributed by atoms with van der Waals surface area (Å²) >= 11 is 0. The summed E-state index contributed by atoms with van der Waals surface area (Å²) in [6.07, 6.45) is 4.27. The normalized spacial score (nSPS) is 15.1. The van der Waals surface area contributed by atoms with Crippen molar-refractivity contribution < 1.29 is 9.90 Å². The lowest BCUT2D eigenvalue weighted by Gasteiger charge is -2.33. The minimum absolute atomic E-state index is 0.148. The number of likely N-dealkylation sites (tertiary alicyclic amines) is 1. The third kappa shape index (κ3) is 4.48. The van der Waals surface area contributed by atoms with Crippen LogP contribution in [0.3, 0.4) is 0 Å². The highest BCUT2D eigenvalue weighted by atomic mass is 16.4. The van der Waals surface area contributed by atoms with Gasteiger partial charge in [0.15, 0.2) is 0 Å². The van der Waals surface area contributed by atoms with Crippen molar-refractivity contribution >= 4 is 16.9 Å². The van der Waals surface area contributed by atoms with E-state index >= 15 is 0 Å². The standard InChI is InChI=1S/C28H27N5O2/c1-32-18-30-17-26(32)27(31-22-11-13-33(14-12-22)28(34)35)20-9-10-21(16-29)25(15-20)24-8-4-6-19-5-2-3-7-23(19)24/h2-10,15,17-18,22,27,31H,11-14H2,1H3,(H,34,35). The average Bonchev–Trinajstić information content (AvgIpc) is 3.32. The molecule has 0 saturated carbocycles. The van der Waals surface area contributed by atoms with Gasteiger partial charge in [0.25, 0.3) is 0 Å². The number of piperidine rings is 1. The first kappa shape index (κ1) is 22.6. The molecule has 7 heteroatoms. The molecule has 1 aliphatic heterocycles. The average molecular weight is 466 g/mol. The van der Waals surface area contributed by atoms with Gasteiger partial charge >= 0.3 is 6.09 Å². The van der Waals surface area contributed by atoms with Gasteiger partial charge in [0, 0.05) is 31.7 Å². The minimum atomic E-state index is -0.863. The van der Waals surface area contributed by atoms with E-state index in [0.717, 1.165) is 46.0 Å². The largest absolute Gasteiger partial charge is 0.465 e. The minimum Gasteiger partial charge on any atom is -0.465 e. The smallest absolute Gasteiger partial charge is 0.407 e. The molecule has 1 aromatic heterocycles. The number of imidazole rings is 1. The molecule has 35 heavy (non-hydrogen) atoms. The Labute approximate surface area is 204 Å². The fourth-order valence-electron chi connectivity index (χ4n) is 4.99. The monoisotopic (exact) mass is 465 g/mol. The zero-order valence-electron chi connectivity index (χ0n) is 19.6. The molecule has 176 valence electrons. The van der Waals surface area contributed by atoms with Crippen LogP contribution in [-0.4, -0.2) is 44.8 Å². The van der Waals surface area contributed by atoms with Crippen LogP contribution >= 0.6 is 0 Å². The van der Waals surface area contributed by atoms with Crippen molar-refractivity contribution in [2.45, 2.75) is 24.9 Å². The first-order valence-corrected chi connectivity index (χ1v) is 11.8. The maximum Gasteiger partial charge on any atom is 0.407 e. The lowest BCUT2D eigenvalue weighted by Crippen LogP contribution is -2.45. The van der Waals surface area contributed by atoms with Gasteiger partial charge in [-0.1, -0.05) is 48.5 Å². The van der Waals surface area contributed by atoms with Crippen LogP contribution in [0, 0.1) is 11.3 Å². The van der Waals surface area contributed by atoms with E-state index in [9.17, 15) is 15.2 Å². The van der Waals surface area contributed by atoms with Gasteiger partial charge in [-0.15, -0.1) is 0 Å². The summed E-state index contributed by atoms with van der Waals surface area (Å²) in [5.74, 6) is 0. The Balaban J connectivity index is 1.55. The van der Waals surface area contributed by atoms with Crippen molar-refractivity contribution in [3.8, 4) is 17.2 Å². The molecule has 4 aromatic rings. The van der Waals surface area contributed by atoms with Crippen molar-refractivity contribution in [3.63, 3.8) is 0 Å². The Hall–Kier alpha value is -4.15. The Bertz CT molecular complexity index is 1410.